The van der Waals surface area contributed by atoms with Crippen LogP contribution in [0.1, 0.15) is 16.3 Å². The summed E-state index contributed by atoms with van der Waals surface area (Å²) in [5, 5.41) is 3.15. The zero-order valence-electron chi connectivity index (χ0n) is 8.53. The van der Waals surface area contributed by atoms with Gasteiger partial charge in [-0.15, -0.1) is 11.3 Å². The Kier molecular flexibility index (Phi) is 3.16. The zero-order valence-corrected chi connectivity index (χ0v) is 9.34. The number of aromatic nitrogens is 1. The van der Waals surface area contributed by atoms with E-state index in [-0.39, 0.29) is 0 Å². The summed E-state index contributed by atoms with van der Waals surface area (Å²) in [6.45, 7) is 2.00. The predicted molar refractivity (Wildman–Crippen MR) is 63.9 cm³/mol. The second kappa shape index (κ2) is 4.77. The van der Waals surface area contributed by atoms with Gasteiger partial charge in [-0.2, -0.15) is 0 Å². The van der Waals surface area contributed by atoms with E-state index in [1.54, 1.807) is 11.3 Å². The van der Waals surface area contributed by atoms with E-state index in [4.69, 9.17) is 0 Å². The van der Waals surface area contributed by atoms with Crippen molar-refractivity contribution in [2.45, 2.75) is 13.3 Å². The van der Waals surface area contributed by atoms with Gasteiger partial charge in [0.2, 0.25) is 0 Å². The van der Waals surface area contributed by atoms with E-state index in [1.807, 2.05) is 37.3 Å². The molecule has 2 heteroatoms. The lowest BCUT2D eigenvalue weighted by molar-refractivity contribution is 1.15. The van der Waals surface area contributed by atoms with Crippen molar-refractivity contribution in [3.63, 3.8) is 0 Å². The van der Waals surface area contributed by atoms with Crippen molar-refractivity contribution < 1.29 is 0 Å². The van der Waals surface area contributed by atoms with E-state index >= 15 is 0 Å². The average Bonchev–Trinajstić information content (AvgIpc) is 2.66. The van der Waals surface area contributed by atoms with Crippen LogP contribution in [0.15, 0.2) is 35.7 Å². The van der Waals surface area contributed by atoms with Crippen LogP contribution < -0.4 is 0 Å². The second-order valence-corrected chi connectivity index (χ2v) is 4.17. The lowest BCUT2D eigenvalue weighted by Crippen LogP contribution is -1.80. The monoisotopic (exact) mass is 213 g/mol. The van der Waals surface area contributed by atoms with Gasteiger partial charge in [0.05, 0.1) is 6.42 Å². The smallest absolute Gasteiger partial charge is 0.105 e. The molecule has 0 amide bonds. The molecule has 0 radical (unpaired) electrons. The molecule has 0 bridgehead atoms. The maximum absolute atomic E-state index is 4.36. The minimum atomic E-state index is 0.743. The van der Waals surface area contributed by atoms with Crippen LogP contribution in [0.3, 0.4) is 0 Å². The molecule has 0 aliphatic carbocycles. The predicted octanol–water partition coefficient (Wildman–Crippen LogP) is 3.05. The molecule has 15 heavy (non-hydrogen) atoms. The lowest BCUT2D eigenvalue weighted by Gasteiger charge is -1.86. The molecular weight excluding hydrogens is 202 g/mol. The molecule has 0 saturated heterocycles. The Morgan fingerprint density at radius 3 is 2.73 bits per heavy atom. The van der Waals surface area contributed by atoms with Crippen LogP contribution in [-0.4, -0.2) is 4.98 Å². The summed E-state index contributed by atoms with van der Waals surface area (Å²) in [4.78, 5) is 4.36. The molecule has 74 valence electrons. The van der Waals surface area contributed by atoms with Crippen LogP contribution >= 0.6 is 11.3 Å². The van der Waals surface area contributed by atoms with Crippen LogP contribution in [0.2, 0.25) is 0 Å². The number of rotatable bonds is 1. The summed E-state index contributed by atoms with van der Waals surface area (Å²) in [6, 6.07) is 10.0. The fraction of sp³-hybridized carbons (Fsp3) is 0.154. The van der Waals surface area contributed by atoms with Crippen molar-refractivity contribution in [3.05, 3.63) is 52.0 Å². The molecule has 1 nitrogen and oxygen atoms in total. The fourth-order valence-corrected chi connectivity index (χ4v) is 1.94. The number of hydrogen-bond acceptors (Lipinski definition) is 2. The van der Waals surface area contributed by atoms with Gasteiger partial charge in [-0.25, -0.2) is 4.98 Å². The summed E-state index contributed by atoms with van der Waals surface area (Å²) < 4.78 is 0. The van der Waals surface area contributed by atoms with Gasteiger partial charge >= 0.3 is 0 Å². The summed E-state index contributed by atoms with van der Waals surface area (Å²) in [5.74, 6) is 6.25. The average molecular weight is 213 g/mol. The maximum Gasteiger partial charge on any atom is 0.105 e. The summed E-state index contributed by atoms with van der Waals surface area (Å²) in [6.07, 6.45) is 0.743. The van der Waals surface area contributed by atoms with E-state index in [0.717, 1.165) is 22.7 Å². The Labute approximate surface area is 93.8 Å². The van der Waals surface area contributed by atoms with E-state index in [1.165, 1.54) is 0 Å². The van der Waals surface area contributed by atoms with Crippen LogP contribution in [0.4, 0.5) is 0 Å². The second-order valence-electron chi connectivity index (χ2n) is 3.23. The van der Waals surface area contributed by atoms with Crippen molar-refractivity contribution in [2.24, 2.45) is 0 Å². The molecule has 1 heterocycles. The van der Waals surface area contributed by atoms with Gasteiger partial charge in [0.15, 0.2) is 0 Å². The number of thiazole rings is 1. The van der Waals surface area contributed by atoms with Crippen molar-refractivity contribution in [1.82, 2.24) is 4.98 Å². The van der Waals surface area contributed by atoms with Gasteiger partial charge in [0, 0.05) is 16.6 Å². The van der Waals surface area contributed by atoms with Gasteiger partial charge in [-0.1, -0.05) is 30.0 Å². The van der Waals surface area contributed by atoms with Gasteiger partial charge in [0.25, 0.3) is 0 Å². The minimum absolute atomic E-state index is 0.743. The third-order valence-corrected chi connectivity index (χ3v) is 2.88. The van der Waals surface area contributed by atoms with Gasteiger partial charge < -0.3 is 0 Å². The first-order valence-electron chi connectivity index (χ1n) is 4.79. The number of hydrogen-bond donors (Lipinski definition) is 0. The van der Waals surface area contributed by atoms with Gasteiger partial charge in [0.1, 0.15) is 5.01 Å². The largest absolute Gasteiger partial charge is 0.246 e. The number of aryl methyl sites for hydroxylation is 1. The molecular formula is C13H11NS. The topological polar surface area (TPSA) is 12.9 Å². The van der Waals surface area contributed by atoms with E-state index in [0.29, 0.717) is 0 Å². The third kappa shape index (κ3) is 2.93. The highest BCUT2D eigenvalue weighted by Crippen LogP contribution is 2.08. The van der Waals surface area contributed by atoms with Crippen molar-refractivity contribution in [2.75, 3.05) is 0 Å². The Morgan fingerprint density at radius 1 is 1.27 bits per heavy atom. The normalized spacial score (nSPS) is 9.40. The number of benzene rings is 1. The molecule has 0 aliphatic rings. The highest BCUT2D eigenvalue weighted by Gasteiger charge is 1.94. The molecule has 0 atom stereocenters. The van der Waals surface area contributed by atoms with Crippen LogP contribution in [0, 0.1) is 18.8 Å². The Balaban J connectivity index is 2.02. The van der Waals surface area contributed by atoms with E-state index in [2.05, 4.69) is 22.2 Å². The zero-order chi connectivity index (χ0) is 10.5. The first-order valence-corrected chi connectivity index (χ1v) is 5.67. The van der Waals surface area contributed by atoms with Crippen molar-refractivity contribution in [1.29, 1.82) is 0 Å². The first kappa shape index (κ1) is 9.95. The Morgan fingerprint density at radius 2 is 2.07 bits per heavy atom. The summed E-state index contributed by atoms with van der Waals surface area (Å²) in [7, 11) is 0. The molecule has 0 N–H and O–H groups in total. The van der Waals surface area contributed by atoms with Crippen LogP contribution in [0.25, 0.3) is 0 Å². The van der Waals surface area contributed by atoms with Crippen LogP contribution in [0.5, 0.6) is 0 Å². The molecule has 0 aliphatic heterocycles. The molecule has 2 rings (SSSR count). The molecule has 0 spiro atoms. The van der Waals surface area contributed by atoms with Crippen molar-refractivity contribution in [3.8, 4) is 11.8 Å². The highest BCUT2D eigenvalue weighted by molar-refractivity contribution is 7.09. The Hall–Kier alpha value is -1.59. The Bertz CT molecular complexity index is 488. The third-order valence-electron chi connectivity index (χ3n) is 1.91. The SMILES string of the molecule is Cc1csc(CC#Cc2ccccc2)n1. The summed E-state index contributed by atoms with van der Waals surface area (Å²) in [5.41, 5.74) is 2.14. The highest BCUT2D eigenvalue weighted by atomic mass is 32.1. The van der Waals surface area contributed by atoms with Gasteiger partial charge in [-0.3, -0.25) is 0 Å². The molecule has 1 aromatic carbocycles. The molecule has 0 unspecified atom stereocenters. The number of nitrogens with zero attached hydrogens (tertiary/aromatic N) is 1. The maximum atomic E-state index is 4.36. The minimum Gasteiger partial charge on any atom is -0.246 e. The molecule has 0 fully saturated rings. The fourth-order valence-electron chi connectivity index (χ4n) is 1.23. The summed E-state index contributed by atoms with van der Waals surface area (Å²) >= 11 is 1.67. The van der Waals surface area contributed by atoms with E-state index in [9.17, 15) is 0 Å². The first-order chi connectivity index (χ1) is 7.34. The molecule has 1 aromatic heterocycles. The quantitative estimate of drug-likeness (QED) is 0.663. The van der Waals surface area contributed by atoms with Crippen molar-refractivity contribution >= 4 is 11.3 Å². The van der Waals surface area contributed by atoms with E-state index < -0.39 is 0 Å². The van der Waals surface area contributed by atoms with Gasteiger partial charge in [-0.05, 0) is 19.1 Å². The molecule has 0 saturated carbocycles. The molecule has 2 aromatic rings. The lowest BCUT2D eigenvalue weighted by atomic mass is 10.2. The van der Waals surface area contributed by atoms with Crippen LogP contribution in [-0.2, 0) is 6.42 Å². The standard InChI is InChI=1S/C13H11NS/c1-11-10-15-13(14-11)9-5-8-12-6-3-2-4-7-12/h2-4,6-7,10H,9H2,1H3.